The van der Waals surface area contributed by atoms with E-state index in [2.05, 4.69) is 35.1 Å². The van der Waals surface area contributed by atoms with Gasteiger partial charge in [-0.1, -0.05) is 6.42 Å². The lowest BCUT2D eigenvalue weighted by molar-refractivity contribution is -0.140. The lowest BCUT2D eigenvalue weighted by Crippen LogP contribution is -2.33. The third-order valence-electron chi connectivity index (χ3n) is 4.20. The maximum absolute atomic E-state index is 10.1. The number of aliphatic carboxylic acids is 7. The summed E-state index contributed by atoms with van der Waals surface area (Å²) < 4.78 is 0. The molecule has 1 rings (SSSR count). The van der Waals surface area contributed by atoms with Crippen LogP contribution in [-0.4, -0.2) is 152 Å². The van der Waals surface area contributed by atoms with Gasteiger partial charge in [-0.15, -0.1) is 0 Å². The molecule has 47 heavy (non-hydrogen) atoms. The van der Waals surface area contributed by atoms with Crippen LogP contribution in [0.5, 0.6) is 0 Å². The zero-order valence-electron chi connectivity index (χ0n) is 25.7. The normalized spacial score (nSPS) is 13.9. The van der Waals surface area contributed by atoms with Crippen LogP contribution in [0.15, 0.2) is 0 Å². The summed E-state index contributed by atoms with van der Waals surface area (Å²) in [6.07, 6.45) is 3.95. The molecule has 0 aromatic carbocycles. The van der Waals surface area contributed by atoms with Crippen molar-refractivity contribution in [3.63, 3.8) is 0 Å². The van der Waals surface area contributed by atoms with Crippen LogP contribution in [0.2, 0.25) is 0 Å². The number of hydrogen-bond acceptors (Lipinski definition) is 17. The fourth-order valence-electron chi connectivity index (χ4n) is 1.68. The second kappa shape index (κ2) is 40.3. The van der Waals surface area contributed by atoms with Gasteiger partial charge in [0, 0.05) is 5.75 Å². The highest BCUT2D eigenvalue weighted by Crippen LogP contribution is 2.03. The second-order valence-electron chi connectivity index (χ2n) is 8.26. The van der Waals surface area contributed by atoms with E-state index in [-0.39, 0.29) is 31.4 Å². The Labute approximate surface area is 275 Å². The number of carboxylic acids is 7. The van der Waals surface area contributed by atoms with Crippen molar-refractivity contribution in [3.8, 4) is 0 Å². The molecule has 1 saturated heterocycles. The predicted octanol–water partition coefficient (Wildman–Crippen LogP) is -5.84. The fraction of sp³-hybridized carbons (Fsp3) is 0.696. The van der Waals surface area contributed by atoms with Crippen LogP contribution in [0, 0.1) is 0 Å². The van der Waals surface area contributed by atoms with E-state index in [1.807, 2.05) is 0 Å². The molecule has 0 aromatic rings. The van der Waals surface area contributed by atoms with Crippen LogP contribution >= 0.6 is 12.6 Å². The topological polar surface area (TPSA) is 476 Å². The van der Waals surface area contributed by atoms with E-state index in [1.54, 1.807) is 0 Å². The summed E-state index contributed by atoms with van der Waals surface area (Å²) in [5.41, 5.74) is 33.8. The molecule has 0 spiro atoms. The predicted molar refractivity (Wildman–Crippen MR) is 169 cm³/mol. The van der Waals surface area contributed by atoms with Gasteiger partial charge in [-0.25, -0.2) is 0 Å². The summed E-state index contributed by atoms with van der Waals surface area (Å²) in [6.45, 7) is 0.124. The van der Waals surface area contributed by atoms with Gasteiger partial charge in [0.05, 0.1) is 26.2 Å². The molecule has 0 bridgehead atoms. The van der Waals surface area contributed by atoms with Gasteiger partial charge in [-0.2, -0.15) is 12.6 Å². The largest absolute Gasteiger partial charge is 0.480 e. The maximum atomic E-state index is 10.1. The first-order valence-electron chi connectivity index (χ1n) is 13.3. The highest BCUT2D eigenvalue weighted by molar-refractivity contribution is 7.80. The van der Waals surface area contributed by atoms with Crippen LogP contribution in [0.4, 0.5) is 0 Å². The average Bonchev–Trinajstić information content (AvgIpc) is 3.57. The van der Waals surface area contributed by atoms with E-state index in [9.17, 15) is 33.6 Å². The van der Waals surface area contributed by atoms with Crippen molar-refractivity contribution in [3.05, 3.63) is 0 Å². The van der Waals surface area contributed by atoms with Gasteiger partial charge in [0.1, 0.15) is 24.2 Å². The standard InChI is InChI=1S/C6H14N2O2.C5H9NO2.C3H7NO3.C3H7NO2S.3C2H5NO2/c7-4-2-1-3-5(8)6(9)10;7-5(8)4-2-1-3-6-4;4-2(1-5)3(6)7;4-2(1-7)3(5)6;3*3-1-2(4)5/h5H,1-4,7-8H2,(H,9,10);4,6H,1-3H2,(H,7,8);2,5H,1,4H2,(H,6,7);2,7H,1,4H2,(H,5,6);3*1,3H2,(H,4,5)/t5-;4-;2*2-;;;/m0000.../s1. The number of hydrogen-bond donors (Lipinski definition) is 17. The monoisotopic (exact) mass is 712 g/mol. The summed E-state index contributed by atoms with van der Waals surface area (Å²) in [6, 6.07) is -2.93. The molecule has 0 amide bonds. The zero-order valence-corrected chi connectivity index (χ0v) is 26.6. The summed E-state index contributed by atoms with van der Waals surface area (Å²) in [7, 11) is 0. The van der Waals surface area contributed by atoms with Crippen LogP contribution in [0.25, 0.3) is 0 Å². The van der Waals surface area contributed by atoms with Crippen LogP contribution < -0.4 is 45.5 Å². The lowest BCUT2D eigenvalue weighted by Gasteiger charge is -2.03. The molecular formula is C23H52N8O15S. The summed E-state index contributed by atoms with van der Waals surface area (Å²) >= 11 is 3.65. The first kappa shape index (κ1) is 55.7. The molecule has 23 N–H and O–H groups in total. The van der Waals surface area contributed by atoms with Crippen LogP contribution in [-0.2, 0) is 33.6 Å². The number of carbonyl (C=O) groups is 7. The molecule has 4 atom stereocenters. The van der Waals surface area contributed by atoms with E-state index >= 15 is 0 Å². The number of unbranched alkanes of at least 4 members (excludes halogenated alkanes) is 1. The molecule has 1 fully saturated rings. The minimum atomic E-state index is -1.18. The summed E-state index contributed by atoms with van der Waals surface area (Å²) in [5.74, 6) is -6.55. The van der Waals surface area contributed by atoms with E-state index in [1.165, 1.54) is 0 Å². The summed E-state index contributed by atoms with van der Waals surface area (Å²) in [5, 5.41) is 66.2. The summed E-state index contributed by atoms with van der Waals surface area (Å²) in [4.78, 5) is 67.4. The van der Waals surface area contributed by atoms with Crippen LogP contribution in [0.3, 0.4) is 0 Å². The Morgan fingerprint density at radius 3 is 1.15 bits per heavy atom. The number of nitrogens with two attached hydrogens (primary N) is 7. The molecule has 280 valence electrons. The van der Waals surface area contributed by atoms with Crippen LogP contribution in [0.1, 0.15) is 32.1 Å². The van der Waals surface area contributed by atoms with Gasteiger partial charge in [-0.3, -0.25) is 33.6 Å². The van der Waals surface area contributed by atoms with Crippen molar-refractivity contribution in [2.24, 2.45) is 40.1 Å². The average molecular weight is 713 g/mol. The Balaban J connectivity index is -0.000000106. The van der Waals surface area contributed by atoms with Crippen molar-refractivity contribution in [2.75, 3.05) is 45.1 Å². The molecule has 23 nitrogen and oxygen atoms in total. The zero-order chi connectivity index (χ0) is 38.5. The number of aliphatic hydroxyl groups excluding tert-OH is 1. The number of thiol groups is 1. The first-order chi connectivity index (χ1) is 21.7. The molecule has 0 radical (unpaired) electrons. The van der Waals surface area contributed by atoms with E-state index in [0.717, 1.165) is 32.2 Å². The van der Waals surface area contributed by atoms with Crippen molar-refractivity contribution in [2.45, 2.75) is 56.3 Å². The highest BCUT2D eigenvalue weighted by Gasteiger charge is 2.20. The van der Waals surface area contributed by atoms with Gasteiger partial charge in [-0.05, 0) is 38.8 Å². The molecule has 1 aliphatic heterocycles. The Morgan fingerprint density at radius 1 is 0.660 bits per heavy atom. The smallest absolute Gasteiger partial charge is 0.322 e. The Bertz CT molecular complexity index is 800. The minimum Gasteiger partial charge on any atom is -0.480 e. The van der Waals surface area contributed by atoms with Gasteiger partial charge in [0.25, 0.3) is 0 Å². The SMILES string of the molecule is NCC(=O)O.NCC(=O)O.NCC(=O)O.NCCCC[C@H](N)C(=O)O.N[C@@H](CO)C(=O)O.N[C@@H](CS)C(=O)O.O=C(O)[C@@H]1CCCN1. The van der Waals surface area contributed by atoms with E-state index < -0.39 is 66.5 Å². The third-order valence-corrected chi connectivity index (χ3v) is 4.59. The minimum absolute atomic E-state index is 0.190. The fourth-order valence-corrected chi connectivity index (χ4v) is 1.84. The molecule has 1 aliphatic rings. The molecule has 0 unspecified atom stereocenters. The molecule has 0 aliphatic carbocycles. The van der Waals surface area contributed by atoms with Gasteiger partial charge in [0.15, 0.2) is 0 Å². The number of rotatable bonds is 13. The molecular weight excluding hydrogens is 660 g/mol. The number of nitrogens with one attached hydrogen (secondary N) is 1. The van der Waals surface area contributed by atoms with E-state index in [0.29, 0.717) is 13.0 Å². The Hall–Kier alpha value is -3.72. The molecule has 0 saturated carbocycles. The van der Waals surface area contributed by atoms with Crippen molar-refractivity contribution in [1.29, 1.82) is 0 Å². The molecule has 24 heteroatoms. The second-order valence-corrected chi connectivity index (χ2v) is 8.63. The lowest BCUT2D eigenvalue weighted by atomic mass is 10.1. The maximum Gasteiger partial charge on any atom is 0.322 e. The van der Waals surface area contributed by atoms with Gasteiger partial charge in [0.2, 0.25) is 0 Å². The van der Waals surface area contributed by atoms with Crippen molar-refractivity contribution < 1.29 is 74.4 Å². The quantitative estimate of drug-likeness (QED) is 0.0624. The number of aliphatic hydroxyl groups is 1. The van der Waals surface area contributed by atoms with Crippen molar-refractivity contribution in [1.82, 2.24) is 5.32 Å². The van der Waals surface area contributed by atoms with Gasteiger partial charge >= 0.3 is 41.8 Å². The molecule has 1 heterocycles. The Kier molecular flexibility index (Phi) is 47.7. The van der Waals surface area contributed by atoms with Gasteiger partial charge < -0.3 is 86.3 Å². The first-order valence-corrected chi connectivity index (χ1v) is 13.9. The number of carboxylic acid groups (broad SMARTS) is 7. The highest BCUT2D eigenvalue weighted by atomic mass is 32.1. The molecule has 0 aromatic heterocycles. The third kappa shape index (κ3) is 58.4. The Morgan fingerprint density at radius 2 is 1.02 bits per heavy atom. The van der Waals surface area contributed by atoms with E-state index in [4.69, 9.17) is 63.8 Å². The van der Waals surface area contributed by atoms with Crippen molar-refractivity contribution >= 4 is 54.4 Å².